The summed E-state index contributed by atoms with van der Waals surface area (Å²) in [6, 6.07) is 1.84. The number of aromatic amines is 1. The lowest BCUT2D eigenvalue weighted by molar-refractivity contribution is 0.0602. The number of esters is 1. The Morgan fingerprint density at radius 1 is 1.67 bits per heavy atom. The van der Waals surface area contributed by atoms with Gasteiger partial charge in [0.05, 0.1) is 24.2 Å². The standard InChI is InChI=1S/C10H9ClN2O2/c1-15-10(14)7-5-13-8(4-11)6-2-3-12-9(6)7/h2-3,5,12H,4H2,1H3. The average Bonchev–Trinajstić information content (AvgIpc) is 2.75. The summed E-state index contributed by atoms with van der Waals surface area (Å²) >= 11 is 5.74. The number of carbonyl (C=O) groups is 1. The molecule has 2 aromatic heterocycles. The first kappa shape index (κ1) is 9.98. The maximum atomic E-state index is 11.4. The summed E-state index contributed by atoms with van der Waals surface area (Å²) in [6.07, 6.45) is 3.22. The number of fused-ring (bicyclic) bond motifs is 1. The lowest BCUT2D eigenvalue weighted by Gasteiger charge is -2.03. The van der Waals surface area contributed by atoms with Crippen LogP contribution in [0, 0.1) is 0 Å². The van der Waals surface area contributed by atoms with Crippen molar-refractivity contribution in [2.45, 2.75) is 5.88 Å². The molecule has 0 aliphatic carbocycles. The molecule has 0 aliphatic rings. The van der Waals surface area contributed by atoms with Crippen LogP contribution in [0.2, 0.25) is 0 Å². The van der Waals surface area contributed by atoms with Gasteiger partial charge >= 0.3 is 5.97 Å². The van der Waals surface area contributed by atoms with Crippen LogP contribution >= 0.6 is 11.6 Å². The molecular weight excluding hydrogens is 216 g/mol. The average molecular weight is 225 g/mol. The van der Waals surface area contributed by atoms with Gasteiger partial charge in [-0.1, -0.05) is 0 Å². The number of hydrogen-bond donors (Lipinski definition) is 1. The Kier molecular flexibility index (Phi) is 2.60. The second-order valence-corrected chi connectivity index (χ2v) is 3.28. The Balaban J connectivity index is 2.68. The molecule has 4 nitrogen and oxygen atoms in total. The van der Waals surface area contributed by atoms with Crippen LogP contribution in [0.4, 0.5) is 0 Å². The van der Waals surface area contributed by atoms with E-state index in [1.807, 2.05) is 6.07 Å². The highest BCUT2D eigenvalue weighted by Gasteiger charge is 2.14. The molecule has 78 valence electrons. The minimum absolute atomic E-state index is 0.315. The highest BCUT2D eigenvalue weighted by atomic mass is 35.5. The van der Waals surface area contributed by atoms with Crippen molar-refractivity contribution in [3.05, 3.63) is 29.7 Å². The number of nitrogens with zero attached hydrogens (tertiary/aromatic N) is 1. The van der Waals surface area contributed by atoms with Crippen molar-refractivity contribution in [3.63, 3.8) is 0 Å². The van der Waals surface area contributed by atoms with Crippen LogP contribution in [0.25, 0.3) is 10.9 Å². The van der Waals surface area contributed by atoms with E-state index in [1.54, 1.807) is 6.20 Å². The Morgan fingerprint density at radius 2 is 2.47 bits per heavy atom. The van der Waals surface area contributed by atoms with Crippen molar-refractivity contribution in [2.24, 2.45) is 0 Å². The largest absolute Gasteiger partial charge is 0.465 e. The minimum Gasteiger partial charge on any atom is -0.465 e. The molecule has 0 atom stereocenters. The number of alkyl halides is 1. The molecule has 0 spiro atoms. The fourth-order valence-electron chi connectivity index (χ4n) is 1.48. The number of pyridine rings is 1. The summed E-state index contributed by atoms with van der Waals surface area (Å²) in [7, 11) is 1.34. The van der Waals surface area contributed by atoms with Crippen LogP contribution in [0.5, 0.6) is 0 Å². The van der Waals surface area contributed by atoms with Gasteiger partial charge in [0.15, 0.2) is 0 Å². The maximum Gasteiger partial charge on any atom is 0.341 e. The van der Waals surface area contributed by atoms with E-state index in [0.29, 0.717) is 17.0 Å². The third-order valence-corrected chi connectivity index (χ3v) is 2.46. The molecule has 0 fully saturated rings. The van der Waals surface area contributed by atoms with E-state index in [-0.39, 0.29) is 0 Å². The van der Waals surface area contributed by atoms with Gasteiger partial charge in [-0.3, -0.25) is 4.98 Å². The van der Waals surface area contributed by atoms with Crippen LogP contribution in [-0.2, 0) is 10.6 Å². The summed E-state index contributed by atoms with van der Waals surface area (Å²) < 4.78 is 4.66. The fourth-order valence-corrected chi connectivity index (χ4v) is 1.69. The zero-order chi connectivity index (χ0) is 10.8. The summed E-state index contributed by atoms with van der Waals surface area (Å²) in [4.78, 5) is 18.5. The van der Waals surface area contributed by atoms with Crippen LogP contribution in [0.1, 0.15) is 16.1 Å². The molecule has 5 heteroatoms. The van der Waals surface area contributed by atoms with Crippen LogP contribution < -0.4 is 0 Å². The number of rotatable bonds is 2. The summed E-state index contributed by atoms with van der Waals surface area (Å²) in [5, 5.41) is 0.855. The Labute approximate surface area is 91.2 Å². The van der Waals surface area contributed by atoms with Gasteiger partial charge in [0, 0.05) is 17.8 Å². The second kappa shape index (κ2) is 3.90. The molecule has 2 heterocycles. The van der Waals surface area contributed by atoms with Crippen LogP contribution in [0.3, 0.4) is 0 Å². The molecule has 0 bridgehead atoms. The number of hydrogen-bond acceptors (Lipinski definition) is 3. The second-order valence-electron chi connectivity index (χ2n) is 3.01. The molecule has 0 saturated heterocycles. The van der Waals surface area contributed by atoms with E-state index in [9.17, 15) is 4.79 Å². The van der Waals surface area contributed by atoms with Crippen molar-refractivity contribution in [2.75, 3.05) is 7.11 Å². The smallest absolute Gasteiger partial charge is 0.341 e. The molecule has 0 unspecified atom stereocenters. The number of methoxy groups -OCH3 is 1. The first-order valence-electron chi connectivity index (χ1n) is 4.37. The number of nitrogens with one attached hydrogen (secondary N) is 1. The number of ether oxygens (including phenoxy) is 1. The van der Waals surface area contributed by atoms with Gasteiger partial charge in [0.1, 0.15) is 5.56 Å². The lowest BCUT2D eigenvalue weighted by atomic mass is 10.2. The first-order chi connectivity index (χ1) is 7.27. The summed E-state index contributed by atoms with van der Waals surface area (Å²) in [6.45, 7) is 0. The van der Waals surface area contributed by atoms with Gasteiger partial charge in [-0.05, 0) is 6.07 Å². The quantitative estimate of drug-likeness (QED) is 0.628. The van der Waals surface area contributed by atoms with E-state index in [2.05, 4.69) is 14.7 Å². The number of H-pyrrole nitrogens is 1. The molecule has 0 aliphatic heterocycles. The van der Waals surface area contributed by atoms with E-state index in [0.717, 1.165) is 11.1 Å². The molecule has 2 rings (SSSR count). The first-order valence-corrected chi connectivity index (χ1v) is 4.90. The van der Waals surface area contributed by atoms with Gasteiger partial charge in [-0.2, -0.15) is 0 Å². The molecule has 2 aromatic rings. The normalized spacial score (nSPS) is 10.5. The number of aromatic nitrogens is 2. The van der Waals surface area contributed by atoms with Crippen molar-refractivity contribution in [3.8, 4) is 0 Å². The third kappa shape index (κ3) is 1.57. The molecule has 0 saturated carbocycles. The van der Waals surface area contributed by atoms with E-state index in [4.69, 9.17) is 11.6 Å². The summed E-state index contributed by atoms with van der Waals surface area (Å²) in [5.74, 6) is -0.0911. The van der Waals surface area contributed by atoms with Crippen molar-refractivity contribution < 1.29 is 9.53 Å². The number of halogens is 1. The molecule has 0 amide bonds. The van der Waals surface area contributed by atoms with Gasteiger partial charge in [-0.25, -0.2) is 4.79 Å². The molecule has 0 aromatic carbocycles. The minimum atomic E-state index is -0.406. The molecular formula is C10H9ClN2O2. The highest BCUT2D eigenvalue weighted by Crippen LogP contribution is 2.21. The lowest BCUT2D eigenvalue weighted by Crippen LogP contribution is -2.04. The van der Waals surface area contributed by atoms with E-state index < -0.39 is 5.97 Å². The van der Waals surface area contributed by atoms with E-state index >= 15 is 0 Å². The predicted octanol–water partition coefficient (Wildman–Crippen LogP) is 2.09. The summed E-state index contributed by atoms with van der Waals surface area (Å²) in [5.41, 5.74) is 1.89. The Bertz CT molecular complexity index is 507. The predicted molar refractivity (Wildman–Crippen MR) is 57.0 cm³/mol. The molecule has 15 heavy (non-hydrogen) atoms. The van der Waals surface area contributed by atoms with Crippen LogP contribution in [0.15, 0.2) is 18.5 Å². The zero-order valence-electron chi connectivity index (χ0n) is 8.08. The monoisotopic (exact) mass is 224 g/mol. The van der Waals surface area contributed by atoms with Crippen LogP contribution in [-0.4, -0.2) is 23.0 Å². The third-order valence-electron chi connectivity index (χ3n) is 2.21. The topological polar surface area (TPSA) is 55.0 Å². The van der Waals surface area contributed by atoms with Crippen molar-refractivity contribution >= 4 is 28.5 Å². The zero-order valence-corrected chi connectivity index (χ0v) is 8.84. The van der Waals surface area contributed by atoms with E-state index in [1.165, 1.54) is 13.3 Å². The van der Waals surface area contributed by atoms with Gasteiger partial charge in [0.2, 0.25) is 0 Å². The Morgan fingerprint density at radius 3 is 3.13 bits per heavy atom. The Hall–Kier alpha value is -1.55. The number of carbonyl (C=O) groups excluding carboxylic acids is 1. The van der Waals surface area contributed by atoms with Gasteiger partial charge in [0.25, 0.3) is 0 Å². The van der Waals surface area contributed by atoms with Crippen molar-refractivity contribution in [1.82, 2.24) is 9.97 Å². The fraction of sp³-hybridized carbons (Fsp3) is 0.200. The van der Waals surface area contributed by atoms with Gasteiger partial charge < -0.3 is 9.72 Å². The highest BCUT2D eigenvalue weighted by molar-refractivity contribution is 6.18. The molecule has 0 radical (unpaired) electrons. The SMILES string of the molecule is COC(=O)c1cnc(CCl)c2cc[nH]c12. The molecule has 1 N–H and O–H groups in total. The van der Waals surface area contributed by atoms with Crippen molar-refractivity contribution in [1.29, 1.82) is 0 Å². The van der Waals surface area contributed by atoms with Gasteiger partial charge in [-0.15, -0.1) is 11.6 Å². The maximum absolute atomic E-state index is 11.4.